The zero-order valence-corrected chi connectivity index (χ0v) is 16.6. The lowest BCUT2D eigenvalue weighted by Crippen LogP contribution is -2.32. The Morgan fingerprint density at radius 3 is 2.66 bits per heavy atom. The molecule has 3 aromatic rings. The van der Waals surface area contributed by atoms with E-state index >= 15 is 0 Å². The van der Waals surface area contributed by atoms with Gasteiger partial charge in [-0.15, -0.1) is 0 Å². The molecule has 3 N–H and O–H groups in total. The van der Waals surface area contributed by atoms with Crippen molar-refractivity contribution in [3.05, 3.63) is 53.9 Å². The van der Waals surface area contributed by atoms with E-state index in [1.807, 2.05) is 18.4 Å². The lowest BCUT2D eigenvalue weighted by Gasteiger charge is -2.14. The van der Waals surface area contributed by atoms with Crippen LogP contribution in [0.4, 0.5) is 8.78 Å². The summed E-state index contributed by atoms with van der Waals surface area (Å²) in [6, 6.07) is 8.98. The number of nitrogens with one attached hydrogen (secondary N) is 1. The van der Waals surface area contributed by atoms with Gasteiger partial charge in [-0.3, -0.25) is 0 Å². The van der Waals surface area contributed by atoms with E-state index in [-0.39, 0.29) is 11.9 Å². The molecule has 0 aliphatic heterocycles. The van der Waals surface area contributed by atoms with Gasteiger partial charge in [-0.2, -0.15) is 0 Å². The van der Waals surface area contributed by atoms with E-state index in [4.69, 9.17) is 10.6 Å². The topological polar surface area (TPSA) is 74.3 Å². The van der Waals surface area contributed by atoms with Crippen molar-refractivity contribution in [2.45, 2.75) is 33.0 Å². The zero-order chi connectivity index (χ0) is 20.8. The van der Waals surface area contributed by atoms with Crippen LogP contribution in [-0.4, -0.2) is 35.4 Å². The maximum absolute atomic E-state index is 14.8. The third kappa shape index (κ3) is 5.16. The SMILES string of the molecule is CCOCCn1c(CN[C@@H](C)CON)nc2cc(F)c(-c3ccc(F)cc3)cc21. The second kappa shape index (κ2) is 9.89. The average molecular weight is 404 g/mol. The molecule has 0 aliphatic carbocycles. The lowest BCUT2D eigenvalue weighted by molar-refractivity contribution is 0.117. The van der Waals surface area contributed by atoms with E-state index in [2.05, 4.69) is 15.1 Å². The largest absolute Gasteiger partial charge is 0.380 e. The molecule has 6 nitrogen and oxygen atoms in total. The fraction of sp³-hybridized carbons (Fsp3) is 0.381. The molecule has 0 saturated heterocycles. The van der Waals surface area contributed by atoms with Gasteiger partial charge in [-0.25, -0.2) is 19.7 Å². The second-order valence-electron chi connectivity index (χ2n) is 6.82. The number of benzene rings is 2. The quantitative estimate of drug-likeness (QED) is 0.400. The molecule has 0 aliphatic rings. The summed E-state index contributed by atoms with van der Waals surface area (Å²) < 4.78 is 35.5. The van der Waals surface area contributed by atoms with Crippen LogP contribution in [-0.2, 0) is 22.7 Å². The van der Waals surface area contributed by atoms with Crippen LogP contribution in [0, 0.1) is 11.6 Å². The highest BCUT2D eigenvalue weighted by atomic mass is 19.1. The molecule has 8 heteroatoms. The van der Waals surface area contributed by atoms with Crippen LogP contribution in [0.25, 0.3) is 22.2 Å². The number of aromatic nitrogens is 2. The van der Waals surface area contributed by atoms with Gasteiger partial charge in [0.05, 0.1) is 30.8 Å². The molecular weight excluding hydrogens is 378 g/mol. The number of ether oxygens (including phenoxy) is 1. The van der Waals surface area contributed by atoms with E-state index in [1.165, 1.54) is 18.2 Å². The second-order valence-corrected chi connectivity index (χ2v) is 6.82. The molecule has 0 bridgehead atoms. The van der Waals surface area contributed by atoms with Crippen molar-refractivity contribution in [2.75, 3.05) is 19.8 Å². The van der Waals surface area contributed by atoms with Gasteiger partial charge >= 0.3 is 0 Å². The van der Waals surface area contributed by atoms with E-state index in [1.54, 1.807) is 18.2 Å². The maximum Gasteiger partial charge on any atom is 0.133 e. The molecule has 0 radical (unpaired) electrons. The van der Waals surface area contributed by atoms with E-state index < -0.39 is 5.82 Å². The molecule has 1 atom stereocenters. The summed E-state index contributed by atoms with van der Waals surface area (Å²) in [7, 11) is 0. The van der Waals surface area contributed by atoms with Gasteiger partial charge < -0.3 is 19.5 Å². The maximum atomic E-state index is 14.8. The summed E-state index contributed by atoms with van der Waals surface area (Å²) in [5, 5.41) is 3.29. The molecule has 3 rings (SSSR count). The van der Waals surface area contributed by atoms with Crippen molar-refractivity contribution < 1.29 is 18.4 Å². The molecule has 1 heterocycles. The van der Waals surface area contributed by atoms with Crippen LogP contribution < -0.4 is 11.2 Å². The van der Waals surface area contributed by atoms with Crippen LogP contribution in [0.5, 0.6) is 0 Å². The van der Waals surface area contributed by atoms with Crippen molar-refractivity contribution in [2.24, 2.45) is 5.90 Å². The van der Waals surface area contributed by atoms with Gasteiger partial charge in [0.2, 0.25) is 0 Å². The van der Waals surface area contributed by atoms with Gasteiger partial charge in [-0.1, -0.05) is 12.1 Å². The molecule has 2 aromatic carbocycles. The average Bonchev–Trinajstić information content (AvgIpc) is 3.03. The molecule has 156 valence electrons. The predicted molar refractivity (Wildman–Crippen MR) is 108 cm³/mol. The first-order valence-electron chi connectivity index (χ1n) is 9.60. The number of nitrogens with zero attached hydrogens (tertiary/aromatic N) is 2. The first kappa shape index (κ1) is 21.3. The van der Waals surface area contributed by atoms with Crippen LogP contribution in [0.3, 0.4) is 0 Å². The highest BCUT2D eigenvalue weighted by Crippen LogP contribution is 2.28. The van der Waals surface area contributed by atoms with Crippen LogP contribution in [0.15, 0.2) is 36.4 Å². The number of fused-ring (bicyclic) bond motifs is 1. The number of nitrogens with two attached hydrogens (primary N) is 1. The van der Waals surface area contributed by atoms with Gasteiger partial charge in [0.1, 0.15) is 17.5 Å². The molecule has 0 unspecified atom stereocenters. The number of hydrogen-bond acceptors (Lipinski definition) is 5. The Morgan fingerprint density at radius 1 is 1.21 bits per heavy atom. The summed E-state index contributed by atoms with van der Waals surface area (Å²) in [6.45, 7) is 6.43. The fourth-order valence-corrected chi connectivity index (χ4v) is 3.20. The van der Waals surface area contributed by atoms with Crippen molar-refractivity contribution >= 4 is 11.0 Å². The van der Waals surface area contributed by atoms with Crippen LogP contribution >= 0.6 is 0 Å². The molecule has 0 saturated carbocycles. The minimum absolute atomic E-state index is 0.0340. The zero-order valence-electron chi connectivity index (χ0n) is 16.6. The highest BCUT2D eigenvalue weighted by molar-refractivity contribution is 5.83. The standard InChI is InChI=1S/C21H26F2N4O2/c1-3-28-9-8-27-20-10-17(15-4-6-16(22)7-5-15)18(23)11-19(20)26-21(27)12-25-14(2)13-29-24/h4-7,10-11,14,25H,3,8-9,12-13,24H2,1-2H3/t14-/m0/s1. The Balaban J connectivity index is 1.99. The van der Waals surface area contributed by atoms with Gasteiger partial charge in [0, 0.05) is 30.8 Å². The smallest absolute Gasteiger partial charge is 0.133 e. The summed E-state index contributed by atoms with van der Waals surface area (Å²) in [4.78, 5) is 9.27. The minimum Gasteiger partial charge on any atom is -0.380 e. The van der Waals surface area contributed by atoms with E-state index in [9.17, 15) is 8.78 Å². The van der Waals surface area contributed by atoms with Gasteiger partial charge in [-0.05, 0) is 37.6 Å². The third-order valence-electron chi connectivity index (χ3n) is 4.69. The predicted octanol–water partition coefficient (Wildman–Crippen LogP) is 3.39. The molecule has 1 aromatic heterocycles. The van der Waals surface area contributed by atoms with Crippen LogP contribution in [0.2, 0.25) is 0 Å². The van der Waals surface area contributed by atoms with Crippen molar-refractivity contribution in [1.82, 2.24) is 14.9 Å². The monoisotopic (exact) mass is 404 g/mol. The number of halogens is 2. The van der Waals surface area contributed by atoms with Crippen molar-refractivity contribution in [3.8, 4) is 11.1 Å². The van der Waals surface area contributed by atoms with Crippen LogP contribution in [0.1, 0.15) is 19.7 Å². The van der Waals surface area contributed by atoms with E-state index in [0.29, 0.717) is 49.6 Å². The highest BCUT2D eigenvalue weighted by Gasteiger charge is 2.16. The van der Waals surface area contributed by atoms with Crippen molar-refractivity contribution in [3.63, 3.8) is 0 Å². The Hall–Kier alpha value is -2.39. The Labute approximate surface area is 168 Å². The minimum atomic E-state index is -0.400. The Bertz CT molecular complexity index is 944. The lowest BCUT2D eigenvalue weighted by atomic mass is 10.0. The van der Waals surface area contributed by atoms with E-state index in [0.717, 1.165) is 11.3 Å². The number of rotatable bonds is 10. The fourth-order valence-electron chi connectivity index (χ4n) is 3.20. The first-order chi connectivity index (χ1) is 14.0. The number of hydrogen-bond donors (Lipinski definition) is 2. The third-order valence-corrected chi connectivity index (χ3v) is 4.69. The molecule has 0 spiro atoms. The van der Waals surface area contributed by atoms with Crippen molar-refractivity contribution in [1.29, 1.82) is 0 Å². The first-order valence-corrected chi connectivity index (χ1v) is 9.60. The summed E-state index contributed by atoms with van der Waals surface area (Å²) in [6.07, 6.45) is 0. The van der Waals surface area contributed by atoms with Gasteiger partial charge in [0.25, 0.3) is 0 Å². The molecular formula is C21H26F2N4O2. The molecule has 0 amide bonds. The molecule has 0 fully saturated rings. The number of imidazole rings is 1. The van der Waals surface area contributed by atoms with Gasteiger partial charge in [0.15, 0.2) is 0 Å². The normalized spacial score (nSPS) is 12.6. The summed E-state index contributed by atoms with van der Waals surface area (Å²) in [5.74, 6) is 5.13. The Kier molecular flexibility index (Phi) is 7.27. The Morgan fingerprint density at radius 2 is 1.97 bits per heavy atom. The summed E-state index contributed by atoms with van der Waals surface area (Å²) >= 11 is 0. The summed E-state index contributed by atoms with van der Waals surface area (Å²) in [5.41, 5.74) is 2.37. The molecule has 29 heavy (non-hydrogen) atoms.